The minimum atomic E-state index is -1.28. The van der Waals surface area contributed by atoms with E-state index in [-0.39, 0.29) is 80.4 Å². The summed E-state index contributed by atoms with van der Waals surface area (Å²) in [6.45, 7) is 17.5. The van der Waals surface area contributed by atoms with Crippen LogP contribution in [0.2, 0.25) is 0 Å². The topological polar surface area (TPSA) is 403 Å². The summed E-state index contributed by atoms with van der Waals surface area (Å²) in [6.07, 6.45) is 15.5. The molecule has 0 radical (unpaired) electrons. The lowest BCUT2D eigenvalue weighted by Crippen LogP contribution is -2.54. The molecule has 2 aromatic carbocycles. The Labute approximate surface area is 715 Å². The van der Waals surface area contributed by atoms with Gasteiger partial charge in [0.05, 0.1) is 142 Å². The number of Topliss-reactive ketones (excluding diaryl/α,β-unsaturated/α-hetero) is 2. The number of methoxy groups -OCH3 is 2. The second-order valence-corrected chi connectivity index (χ2v) is 32.5. The number of nitrogens with zero attached hydrogens (tertiary/aromatic N) is 7. The Morgan fingerprint density at radius 2 is 1.36 bits per heavy atom. The largest absolute Gasteiger partial charge is 0.461 e. The summed E-state index contributed by atoms with van der Waals surface area (Å²) in [5.41, 5.74) is 20.1. The number of carbonyl (C=O) groups is 6. The fraction of sp³-hybridized carbons (Fsp3) is 0.644. The lowest BCUT2D eigenvalue weighted by molar-refractivity contribution is -0.167. The highest BCUT2D eigenvalue weighted by Gasteiger charge is 2.42. The second-order valence-electron chi connectivity index (χ2n) is 32.5. The van der Waals surface area contributed by atoms with Crippen LogP contribution in [-0.4, -0.2) is 275 Å². The molecule has 5 aliphatic rings. The maximum Gasteiger partial charge on any atom is 0.407 e. The molecule has 3 aromatic heterocycles. The number of amides is 3. The Morgan fingerprint density at radius 3 is 2.04 bits per heavy atom. The second kappa shape index (κ2) is 50.5. The van der Waals surface area contributed by atoms with Gasteiger partial charge in [0.25, 0.3) is 11.9 Å². The number of alkyl carbamates (subject to hydrolysis) is 1. The molecule has 3 fully saturated rings. The molecule has 122 heavy (non-hydrogen) atoms. The number of ketones is 2. The van der Waals surface area contributed by atoms with Crippen LogP contribution in [0.1, 0.15) is 154 Å². The molecule has 2 saturated heterocycles. The first-order valence-corrected chi connectivity index (χ1v) is 43.6. The van der Waals surface area contributed by atoms with Gasteiger partial charge < -0.3 is 103 Å². The lowest BCUT2D eigenvalue weighted by Gasteiger charge is -2.37. The highest BCUT2D eigenvalue weighted by Crippen LogP contribution is 2.36. The van der Waals surface area contributed by atoms with Crippen LogP contribution in [0.3, 0.4) is 0 Å². The van der Waals surface area contributed by atoms with Crippen molar-refractivity contribution in [3.63, 3.8) is 0 Å². The molecule has 11 atom stereocenters. The molecule has 3 amide bonds. The Balaban J connectivity index is 0.527. The standard InChI is InChI=1S/C90H130N10O22/c1-59-14-9-8-10-15-60(2)77(109-6)55-70-16-13-18-76(119-70)83(105)87(106)99-32-12-11-17-73(99)88(107)120-71(54-74(101)61(3)51-63(5)82(104)84(110-7)81(103)62(4)50-59)27-22-64-20-25-69(26-21-64)121-90(108)93-31-35-112-37-39-114-41-43-116-45-47-118-49-48-117-46-44-115-42-40-113-38-36-111-34-30-78(102)98-33-29-66-52-65(19-23-68(66)57-98)56-100-86-79(85(91)94-58-95-86)80(97-100)67-24-28-75-72(53-67)96-89(92)122-75/h8-10,14-15,19,23-24,28,51-53,58-59,61-62,64,69-71,73-74,76-77,82,84,101,104H,11-13,16-18,20-22,25-27,29-50,54-57H2,1-7H3,(H2,92,96)(H,93,108)(H2,91,94,95)/b10-8?,14-9+,60-15?,63-51+/t59-,61-,62-,64?,69?,70?,71-,73+,74-,76?,77+,82-,84+/m1/s1. The summed E-state index contributed by atoms with van der Waals surface area (Å²) < 4.78 is 82.4. The highest BCUT2D eigenvalue weighted by molar-refractivity contribution is 6.38. The molecule has 10 rings (SSSR count). The molecule has 32 nitrogen and oxygen atoms in total. The third kappa shape index (κ3) is 29.6. The molecule has 32 heteroatoms. The molecular formula is C90H130N10O22. The summed E-state index contributed by atoms with van der Waals surface area (Å²) >= 11 is 0. The average molecular weight is 1700 g/mol. The normalized spacial score (nSPS) is 25.4. The molecule has 2 unspecified atom stereocenters. The van der Waals surface area contributed by atoms with Crippen LogP contribution < -0.4 is 16.8 Å². The average Bonchev–Trinajstić information content (AvgIpc) is 1.61. The van der Waals surface area contributed by atoms with Crippen molar-refractivity contribution in [2.45, 2.75) is 212 Å². The van der Waals surface area contributed by atoms with Crippen molar-refractivity contribution in [3.8, 4) is 11.3 Å². The number of nitrogens with one attached hydrogen (secondary N) is 1. The zero-order chi connectivity index (χ0) is 86.7. The number of benzene rings is 2. The van der Waals surface area contributed by atoms with Crippen LogP contribution in [0.4, 0.5) is 16.6 Å². The van der Waals surface area contributed by atoms with Gasteiger partial charge in [0, 0.05) is 70.6 Å². The predicted molar refractivity (Wildman–Crippen MR) is 455 cm³/mol. The van der Waals surface area contributed by atoms with Gasteiger partial charge in [-0.3, -0.25) is 19.2 Å². The molecule has 0 spiro atoms. The van der Waals surface area contributed by atoms with Gasteiger partial charge in [-0.05, 0) is 162 Å². The number of nitrogens with two attached hydrogens (primary N) is 2. The molecule has 2 bridgehead atoms. The van der Waals surface area contributed by atoms with Crippen molar-refractivity contribution in [1.29, 1.82) is 0 Å². The number of nitrogen functional groups attached to an aromatic ring is 2. The van der Waals surface area contributed by atoms with Crippen molar-refractivity contribution >= 4 is 69.4 Å². The van der Waals surface area contributed by atoms with Gasteiger partial charge in [0.15, 0.2) is 17.0 Å². The third-order valence-electron chi connectivity index (χ3n) is 23.3. The maximum atomic E-state index is 14.5. The van der Waals surface area contributed by atoms with E-state index in [1.54, 1.807) is 33.1 Å². The van der Waals surface area contributed by atoms with Crippen LogP contribution in [-0.2, 0) is 105 Å². The van der Waals surface area contributed by atoms with E-state index >= 15 is 0 Å². The fourth-order valence-electron chi connectivity index (χ4n) is 16.4. The van der Waals surface area contributed by atoms with E-state index in [1.165, 1.54) is 23.9 Å². The summed E-state index contributed by atoms with van der Waals surface area (Å²) in [5.74, 6) is -2.70. The van der Waals surface area contributed by atoms with Gasteiger partial charge in [0.1, 0.15) is 59.9 Å². The van der Waals surface area contributed by atoms with Gasteiger partial charge in [-0.1, -0.05) is 75.4 Å². The number of allylic oxidation sites excluding steroid dienone is 5. The summed E-state index contributed by atoms with van der Waals surface area (Å²) in [7, 11) is 3.03. The van der Waals surface area contributed by atoms with Gasteiger partial charge in [0.2, 0.25) is 11.7 Å². The number of ether oxygens (including phenoxy) is 13. The number of fused-ring (bicyclic) bond motifs is 6. The monoisotopic (exact) mass is 1700 g/mol. The van der Waals surface area contributed by atoms with E-state index in [0.29, 0.717) is 235 Å². The zero-order valence-electron chi connectivity index (χ0n) is 72.2. The van der Waals surface area contributed by atoms with E-state index in [2.05, 4.69) is 38.5 Å². The molecule has 4 aliphatic heterocycles. The smallest absolute Gasteiger partial charge is 0.407 e. The molecule has 1 saturated carbocycles. The SMILES string of the molecule is CO[C@H]1CC2CCCC(O2)C(=O)C(=O)N2CCCC[C@H]2C(=O)O[C@H](CCC2CCC(OC(=O)NCCOCCOCCOCCOCCOCCOCCOCCOCCC(=O)N3CCc4cc(Cn5nc(-c6ccc7oc(N)nc7c6)c6c(N)ncnc65)ccc4C3)CC2)C[C@@H](O)[C@H](C)/C=C(\C)[C@@H](O)[C@@H](OC)C(=O)[C@H](C)C[C@H](C)/C=C/C=CC=C1C. The van der Waals surface area contributed by atoms with Crippen molar-refractivity contribution in [2.75, 3.05) is 151 Å². The van der Waals surface area contributed by atoms with Gasteiger partial charge in [-0.15, -0.1) is 0 Å². The van der Waals surface area contributed by atoms with Crippen LogP contribution in [0, 0.1) is 23.7 Å². The number of rotatable bonds is 36. The van der Waals surface area contributed by atoms with Crippen molar-refractivity contribution in [3.05, 3.63) is 107 Å². The first-order valence-electron chi connectivity index (χ1n) is 43.6. The quantitative estimate of drug-likeness (QED) is 0.0108. The number of hydrogen-bond acceptors (Lipinski definition) is 28. The van der Waals surface area contributed by atoms with E-state index in [4.69, 9.17) is 82.6 Å². The van der Waals surface area contributed by atoms with E-state index < -0.39 is 72.2 Å². The number of piperidine rings is 1. The molecular weight excluding hydrogens is 1570 g/mol. The maximum absolute atomic E-state index is 14.5. The first-order chi connectivity index (χ1) is 59.1. The van der Waals surface area contributed by atoms with Gasteiger partial charge in [-0.2, -0.15) is 10.1 Å². The number of hydrogen-bond donors (Lipinski definition) is 5. The Morgan fingerprint density at radius 1 is 0.680 bits per heavy atom. The van der Waals surface area contributed by atoms with Crippen molar-refractivity contribution in [1.82, 2.24) is 39.8 Å². The lowest BCUT2D eigenvalue weighted by atomic mass is 9.83. The Bertz CT molecular complexity index is 4260. The van der Waals surface area contributed by atoms with Crippen molar-refractivity contribution < 1.29 is 105 Å². The molecule has 7 N–H and O–H groups in total. The van der Waals surface area contributed by atoms with Crippen molar-refractivity contribution in [2.24, 2.45) is 23.7 Å². The zero-order valence-corrected chi connectivity index (χ0v) is 72.2. The van der Waals surface area contributed by atoms with E-state index in [0.717, 1.165) is 41.5 Å². The highest BCUT2D eigenvalue weighted by atomic mass is 16.6. The molecule has 5 aromatic rings. The van der Waals surface area contributed by atoms with Crippen LogP contribution in [0.15, 0.2) is 94.7 Å². The minimum absolute atomic E-state index is 0.0322. The number of cyclic esters (lactones) is 1. The van der Waals surface area contributed by atoms with E-state index in [9.17, 15) is 39.0 Å². The van der Waals surface area contributed by atoms with E-state index in [1.807, 2.05) is 72.9 Å². The number of esters is 1. The first kappa shape index (κ1) is 95.7. The summed E-state index contributed by atoms with van der Waals surface area (Å²) in [6, 6.07) is 10.9. The number of anilines is 2. The Kier molecular flexibility index (Phi) is 39.6. The summed E-state index contributed by atoms with van der Waals surface area (Å²) in [5, 5.41) is 31.8. The molecule has 672 valence electrons. The van der Waals surface area contributed by atoms with Crippen LogP contribution >= 0.6 is 0 Å². The van der Waals surface area contributed by atoms with Gasteiger partial charge >= 0.3 is 12.1 Å². The fourth-order valence-corrected chi connectivity index (χ4v) is 16.4. The number of oxazole rings is 1. The molecule has 7 heterocycles. The number of aromatic nitrogens is 5. The van der Waals surface area contributed by atoms with Crippen LogP contribution in [0.5, 0.6) is 0 Å². The van der Waals surface area contributed by atoms with Gasteiger partial charge in [-0.25, -0.2) is 24.2 Å². The minimum Gasteiger partial charge on any atom is -0.461 e. The molecule has 1 aliphatic carbocycles. The Hall–Kier alpha value is -8.48. The number of aliphatic hydroxyl groups excluding tert-OH is 2. The third-order valence-corrected chi connectivity index (χ3v) is 23.3. The number of aliphatic hydroxyl groups is 2. The number of carbonyl (C=O) groups excluding carboxylic acids is 6. The summed E-state index contributed by atoms with van der Waals surface area (Å²) in [4.78, 5) is 99.0. The van der Waals surface area contributed by atoms with Crippen LogP contribution in [0.25, 0.3) is 33.4 Å². The predicted octanol–water partition coefficient (Wildman–Crippen LogP) is 9.54.